The number of likely N-dealkylation sites (tertiary alicyclic amines) is 1. The lowest BCUT2D eigenvalue weighted by Gasteiger charge is -2.35. The van der Waals surface area contributed by atoms with Gasteiger partial charge in [-0.2, -0.15) is 0 Å². The minimum Gasteiger partial charge on any atom is -0.368 e. The van der Waals surface area contributed by atoms with Crippen molar-refractivity contribution >= 4 is 5.91 Å². The van der Waals surface area contributed by atoms with Crippen molar-refractivity contribution in [1.82, 2.24) is 9.80 Å². The fourth-order valence-electron chi connectivity index (χ4n) is 2.12. The topological polar surface area (TPSA) is 75.6 Å². The first-order valence-corrected chi connectivity index (χ1v) is 5.94. The van der Waals surface area contributed by atoms with Gasteiger partial charge in [-0.05, 0) is 46.4 Å². The molecule has 5 heteroatoms. The molecule has 1 atom stereocenters. The van der Waals surface area contributed by atoms with Gasteiger partial charge < -0.3 is 21.3 Å². The van der Waals surface area contributed by atoms with Gasteiger partial charge in [0.2, 0.25) is 5.91 Å². The Labute approximate surface area is 97.7 Å². The predicted octanol–water partition coefficient (Wildman–Crippen LogP) is -0.785. The van der Waals surface area contributed by atoms with Crippen LogP contribution in [0.5, 0.6) is 0 Å². The number of rotatable bonds is 5. The molecule has 0 aromatic heterocycles. The van der Waals surface area contributed by atoms with E-state index in [2.05, 4.69) is 23.9 Å². The second kappa shape index (κ2) is 6.18. The van der Waals surface area contributed by atoms with Crippen LogP contribution in [0.1, 0.15) is 19.3 Å². The zero-order chi connectivity index (χ0) is 12.1. The van der Waals surface area contributed by atoms with E-state index < -0.39 is 11.9 Å². The first-order valence-electron chi connectivity index (χ1n) is 5.94. The number of carbonyl (C=O) groups is 1. The van der Waals surface area contributed by atoms with Crippen molar-refractivity contribution in [2.75, 3.05) is 33.7 Å². The maximum absolute atomic E-state index is 10.8. The Morgan fingerprint density at radius 3 is 2.44 bits per heavy atom. The molecule has 94 valence electrons. The maximum Gasteiger partial charge on any atom is 0.234 e. The summed E-state index contributed by atoms with van der Waals surface area (Å²) in [5, 5.41) is 0. The first kappa shape index (κ1) is 13.4. The van der Waals surface area contributed by atoms with E-state index in [0.29, 0.717) is 12.5 Å². The number of carbonyl (C=O) groups excluding carboxylic acids is 1. The molecule has 0 radical (unpaired) electrons. The van der Waals surface area contributed by atoms with Crippen LogP contribution in [-0.2, 0) is 4.79 Å². The van der Waals surface area contributed by atoms with Gasteiger partial charge in [0, 0.05) is 12.6 Å². The summed E-state index contributed by atoms with van der Waals surface area (Å²) in [5.41, 5.74) is 10.7. The van der Waals surface area contributed by atoms with Crippen LogP contribution in [0.4, 0.5) is 0 Å². The molecule has 0 aromatic carbocycles. The molecule has 1 saturated heterocycles. The highest BCUT2D eigenvalue weighted by molar-refractivity contribution is 5.79. The van der Waals surface area contributed by atoms with Gasteiger partial charge in [0.15, 0.2) is 0 Å². The Hall–Kier alpha value is -0.650. The van der Waals surface area contributed by atoms with Crippen molar-refractivity contribution in [3.8, 4) is 0 Å². The highest BCUT2D eigenvalue weighted by Crippen LogP contribution is 2.14. The Balaban J connectivity index is 2.20. The highest BCUT2D eigenvalue weighted by atomic mass is 16.1. The molecular formula is C11H24N4O. The summed E-state index contributed by atoms with van der Waals surface area (Å²) in [6.45, 7) is 3.06. The van der Waals surface area contributed by atoms with Crippen LogP contribution in [0.25, 0.3) is 0 Å². The monoisotopic (exact) mass is 228 g/mol. The van der Waals surface area contributed by atoms with Gasteiger partial charge in [-0.3, -0.25) is 4.79 Å². The average Bonchev–Trinajstić information content (AvgIpc) is 2.26. The molecule has 0 bridgehead atoms. The fourth-order valence-corrected chi connectivity index (χ4v) is 2.12. The van der Waals surface area contributed by atoms with Gasteiger partial charge in [-0.15, -0.1) is 0 Å². The highest BCUT2D eigenvalue weighted by Gasteiger charge is 2.21. The van der Waals surface area contributed by atoms with Crippen molar-refractivity contribution < 1.29 is 4.79 Å². The summed E-state index contributed by atoms with van der Waals surface area (Å²) in [6.07, 6.45) is 3.06. The van der Waals surface area contributed by atoms with Crippen molar-refractivity contribution in [2.24, 2.45) is 11.5 Å². The quantitative estimate of drug-likeness (QED) is 0.647. The molecule has 1 heterocycles. The molecule has 5 nitrogen and oxygen atoms in total. The van der Waals surface area contributed by atoms with Crippen LogP contribution in [0.3, 0.4) is 0 Å². The van der Waals surface area contributed by atoms with Crippen molar-refractivity contribution in [1.29, 1.82) is 0 Å². The normalized spacial score (nSPS) is 21.2. The summed E-state index contributed by atoms with van der Waals surface area (Å²) in [6, 6.07) is 0.202. The third-order valence-corrected chi connectivity index (χ3v) is 3.41. The van der Waals surface area contributed by atoms with E-state index in [1.807, 2.05) is 0 Å². The van der Waals surface area contributed by atoms with Gasteiger partial charge >= 0.3 is 0 Å². The molecule has 1 aliphatic rings. The summed E-state index contributed by atoms with van der Waals surface area (Å²) in [4.78, 5) is 15.4. The molecule has 1 rings (SSSR count). The third-order valence-electron chi connectivity index (χ3n) is 3.41. The van der Waals surface area contributed by atoms with E-state index in [-0.39, 0.29) is 0 Å². The SMILES string of the molecule is CN(C)C1CCN(CCC(N)C(N)=O)CC1. The summed E-state index contributed by atoms with van der Waals surface area (Å²) in [7, 11) is 4.26. The summed E-state index contributed by atoms with van der Waals surface area (Å²) in [5.74, 6) is -0.400. The molecule has 4 N–H and O–H groups in total. The molecule has 0 spiro atoms. The van der Waals surface area contributed by atoms with Crippen molar-refractivity contribution in [3.63, 3.8) is 0 Å². The molecule has 1 amide bonds. The number of hydrogen-bond acceptors (Lipinski definition) is 4. The van der Waals surface area contributed by atoms with Crippen LogP contribution in [0, 0.1) is 0 Å². The van der Waals surface area contributed by atoms with Gasteiger partial charge in [-0.25, -0.2) is 0 Å². The van der Waals surface area contributed by atoms with E-state index in [1.54, 1.807) is 0 Å². The number of piperidine rings is 1. The molecule has 1 unspecified atom stereocenters. The molecule has 0 aliphatic carbocycles. The number of amides is 1. The standard InChI is InChI=1S/C11H24N4O/c1-14(2)9-3-6-15(7-4-9)8-5-10(12)11(13)16/h9-10H,3-8,12H2,1-2H3,(H2,13,16). The van der Waals surface area contributed by atoms with Crippen LogP contribution in [0.2, 0.25) is 0 Å². The number of primary amides is 1. The third kappa shape index (κ3) is 4.08. The molecule has 1 aliphatic heterocycles. The Kier molecular flexibility index (Phi) is 5.18. The minimum absolute atomic E-state index is 0.400. The Morgan fingerprint density at radius 1 is 1.44 bits per heavy atom. The molecular weight excluding hydrogens is 204 g/mol. The predicted molar refractivity (Wildman–Crippen MR) is 64.9 cm³/mol. The van der Waals surface area contributed by atoms with Gasteiger partial charge in [0.25, 0.3) is 0 Å². The molecule has 16 heavy (non-hydrogen) atoms. The fraction of sp³-hybridized carbons (Fsp3) is 0.909. The largest absolute Gasteiger partial charge is 0.368 e. The van der Waals surface area contributed by atoms with Crippen LogP contribution < -0.4 is 11.5 Å². The molecule has 1 fully saturated rings. The lowest BCUT2D eigenvalue weighted by molar-refractivity contribution is -0.119. The minimum atomic E-state index is -0.494. The Bertz CT molecular complexity index is 224. The first-order chi connectivity index (χ1) is 7.50. The lowest BCUT2D eigenvalue weighted by atomic mass is 10.0. The van der Waals surface area contributed by atoms with E-state index >= 15 is 0 Å². The van der Waals surface area contributed by atoms with Crippen molar-refractivity contribution in [3.05, 3.63) is 0 Å². The van der Waals surface area contributed by atoms with E-state index in [0.717, 1.165) is 19.6 Å². The number of nitrogens with two attached hydrogens (primary N) is 2. The summed E-state index contributed by atoms with van der Waals surface area (Å²) < 4.78 is 0. The van der Waals surface area contributed by atoms with E-state index in [1.165, 1.54) is 12.8 Å². The molecule has 0 saturated carbocycles. The smallest absolute Gasteiger partial charge is 0.234 e. The van der Waals surface area contributed by atoms with E-state index in [9.17, 15) is 4.79 Å². The maximum atomic E-state index is 10.8. The zero-order valence-corrected chi connectivity index (χ0v) is 10.4. The number of hydrogen-bond donors (Lipinski definition) is 2. The van der Waals surface area contributed by atoms with Crippen LogP contribution in [0.15, 0.2) is 0 Å². The van der Waals surface area contributed by atoms with Crippen LogP contribution >= 0.6 is 0 Å². The van der Waals surface area contributed by atoms with E-state index in [4.69, 9.17) is 11.5 Å². The van der Waals surface area contributed by atoms with Gasteiger partial charge in [0.05, 0.1) is 6.04 Å². The summed E-state index contributed by atoms with van der Waals surface area (Å²) >= 11 is 0. The number of nitrogens with zero attached hydrogens (tertiary/aromatic N) is 2. The molecule has 0 aromatic rings. The van der Waals surface area contributed by atoms with Gasteiger partial charge in [0.1, 0.15) is 0 Å². The van der Waals surface area contributed by atoms with Gasteiger partial charge in [-0.1, -0.05) is 0 Å². The van der Waals surface area contributed by atoms with Crippen molar-refractivity contribution in [2.45, 2.75) is 31.3 Å². The second-order valence-corrected chi connectivity index (χ2v) is 4.83. The Morgan fingerprint density at radius 2 is 2.00 bits per heavy atom. The second-order valence-electron chi connectivity index (χ2n) is 4.83. The zero-order valence-electron chi connectivity index (χ0n) is 10.4. The average molecular weight is 228 g/mol. The lowest BCUT2D eigenvalue weighted by Crippen LogP contribution is -2.44. The van der Waals surface area contributed by atoms with Crippen LogP contribution in [-0.4, -0.2) is 61.5 Å².